The van der Waals surface area contributed by atoms with Gasteiger partial charge in [0.2, 0.25) is 0 Å². The molecule has 0 aromatic heterocycles. The Balaban J connectivity index is 1.94. The van der Waals surface area contributed by atoms with Crippen LogP contribution in [0.25, 0.3) is 0 Å². The average molecular weight is 427 g/mol. The van der Waals surface area contributed by atoms with Gasteiger partial charge in [-0.3, -0.25) is 0 Å². The van der Waals surface area contributed by atoms with Crippen molar-refractivity contribution in [3.63, 3.8) is 0 Å². The van der Waals surface area contributed by atoms with Crippen molar-refractivity contribution < 1.29 is 21.5 Å². The summed E-state index contributed by atoms with van der Waals surface area (Å²) >= 11 is 0. The highest BCUT2D eigenvalue weighted by Crippen LogP contribution is 2.31. The van der Waals surface area contributed by atoms with E-state index < -0.39 is 20.0 Å². The maximum Gasteiger partial charge on any atom is 0.324 e. The summed E-state index contributed by atoms with van der Waals surface area (Å²) in [5.74, 6) is 0. The van der Waals surface area contributed by atoms with E-state index in [1.165, 1.54) is 30.3 Å². The second-order valence-electron chi connectivity index (χ2n) is 6.67. The number of benzene rings is 3. The number of hydrogen-bond acceptors (Lipinski definition) is 5. The minimum atomic E-state index is -4.39. The van der Waals surface area contributed by atoms with Crippen LogP contribution in [0.3, 0.4) is 0 Å². The number of anilines is 1. The molecule has 0 spiro atoms. The van der Waals surface area contributed by atoms with Gasteiger partial charge < -0.3 is 4.65 Å². The fraction of sp³-hybridized carbons (Fsp3) is 0.100. The van der Waals surface area contributed by atoms with E-state index in [1.807, 2.05) is 6.82 Å². The van der Waals surface area contributed by atoms with Crippen LogP contribution >= 0.6 is 0 Å². The molecule has 0 N–H and O–H groups in total. The summed E-state index contributed by atoms with van der Waals surface area (Å²) in [7, 11) is -8.77. The van der Waals surface area contributed by atoms with Crippen LogP contribution in [0.2, 0.25) is 6.82 Å². The summed E-state index contributed by atoms with van der Waals surface area (Å²) in [6.45, 7) is 2.07. The van der Waals surface area contributed by atoms with Gasteiger partial charge in [0.05, 0.1) is 22.1 Å². The van der Waals surface area contributed by atoms with E-state index >= 15 is 0 Å². The Hall–Kier alpha value is -2.62. The van der Waals surface area contributed by atoms with Crippen LogP contribution in [0.1, 0.15) is 5.56 Å². The van der Waals surface area contributed by atoms with Crippen molar-refractivity contribution >= 4 is 38.1 Å². The summed E-state index contributed by atoms with van der Waals surface area (Å²) in [5.41, 5.74) is 1.74. The van der Waals surface area contributed by atoms with Crippen molar-refractivity contribution in [3.8, 4) is 0 Å². The number of nitrogens with zero attached hydrogens (tertiary/aromatic N) is 1. The summed E-state index contributed by atoms with van der Waals surface area (Å²) in [6.07, 6.45) is 0. The maximum absolute atomic E-state index is 13.4. The fourth-order valence-electron chi connectivity index (χ4n) is 3.31. The molecule has 6 nitrogen and oxygen atoms in total. The first-order valence-corrected chi connectivity index (χ1v) is 11.8. The topological polar surface area (TPSA) is 80.8 Å². The van der Waals surface area contributed by atoms with Crippen LogP contribution in [0.4, 0.5) is 5.69 Å². The first kappa shape index (κ1) is 19.7. The van der Waals surface area contributed by atoms with Gasteiger partial charge >= 0.3 is 6.92 Å². The highest BCUT2D eigenvalue weighted by Gasteiger charge is 2.37. The molecule has 1 aliphatic rings. The second-order valence-corrected chi connectivity index (χ2v) is 10.5. The lowest BCUT2D eigenvalue weighted by Gasteiger charge is -2.24. The lowest BCUT2D eigenvalue weighted by molar-refractivity contribution is 0.333. The Bertz CT molecular complexity index is 1180. The molecular weight excluding hydrogens is 409 g/mol. The highest BCUT2D eigenvalue weighted by molar-refractivity contribution is 8.10. The van der Waals surface area contributed by atoms with Crippen LogP contribution in [0.15, 0.2) is 88.7 Å². The van der Waals surface area contributed by atoms with Crippen molar-refractivity contribution in [2.75, 3.05) is 3.71 Å². The van der Waals surface area contributed by atoms with E-state index in [1.54, 1.807) is 48.5 Å². The monoisotopic (exact) mass is 427 g/mol. The Labute approximate surface area is 171 Å². The van der Waals surface area contributed by atoms with Crippen LogP contribution in [0.5, 0.6) is 0 Å². The Morgan fingerprint density at radius 1 is 0.793 bits per heavy atom. The van der Waals surface area contributed by atoms with Crippen LogP contribution in [0, 0.1) is 0 Å². The third-order valence-electron chi connectivity index (χ3n) is 4.78. The molecule has 9 heteroatoms. The molecule has 148 valence electrons. The predicted octanol–water partition coefficient (Wildman–Crippen LogP) is 2.63. The van der Waals surface area contributed by atoms with E-state index in [2.05, 4.69) is 0 Å². The van der Waals surface area contributed by atoms with Crippen LogP contribution in [-0.4, -0.2) is 23.8 Å². The fourth-order valence-corrected chi connectivity index (χ4v) is 7.03. The lowest BCUT2D eigenvalue weighted by Crippen LogP contribution is -2.37. The smallest absolute Gasteiger partial charge is 0.324 e. The zero-order valence-electron chi connectivity index (χ0n) is 15.6. The normalized spacial score (nSPS) is 13.9. The number of sulfonamides is 2. The zero-order valence-corrected chi connectivity index (χ0v) is 17.2. The molecule has 0 saturated carbocycles. The molecule has 0 aliphatic carbocycles. The number of fused-ring (bicyclic) bond motifs is 1. The molecule has 0 fully saturated rings. The summed E-state index contributed by atoms with van der Waals surface area (Å²) in [5, 5.41) is 0. The second kappa shape index (κ2) is 7.33. The lowest BCUT2D eigenvalue weighted by atomic mass is 9.64. The third kappa shape index (κ3) is 3.46. The van der Waals surface area contributed by atoms with Crippen molar-refractivity contribution in [2.45, 2.75) is 23.2 Å². The van der Waals surface area contributed by atoms with Gasteiger partial charge in [-0.05, 0) is 47.4 Å². The highest BCUT2D eigenvalue weighted by atomic mass is 32.3. The van der Waals surface area contributed by atoms with E-state index in [0.717, 1.165) is 11.0 Å². The molecule has 0 unspecified atom stereocenters. The van der Waals surface area contributed by atoms with Gasteiger partial charge in [0, 0.05) is 0 Å². The standard InChI is InChI=1S/C20H18BNO5S2/c1-21-20-13-12-17(14-16(20)15-27-21)22(28(23,24)18-8-4-2-5-9-18)29(25,26)19-10-6-3-7-11-19/h2-14H,15H2,1H3. The van der Waals surface area contributed by atoms with Crippen LogP contribution < -0.4 is 9.17 Å². The minimum Gasteiger partial charge on any atom is -0.427 e. The molecule has 0 radical (unpaired) electrons. The van der Waals surface area contributed by atoms with Crippen molar-refractivity contribution in [1.82, 2.24) is 0 Å². The molecule has 1 aliphatic heterocycles. The molecule has 4 rings (SSSR count). The van der Waals surface area contributed by atoms with Gasteiger partial charge in [-0.15, -0.1) is 0 Å². The average Bonchev–Trinajstić information content (AvgIpc) is 3.09. The van der Waals surface area contributed by atoms with E-state index in [9.17, 15) is 16.8 Å². The molecule has 29 heavy (non-hydrogen) atoms. The quantitative estimate of drug-likeness (QED) is 0.585. The summed E-state index contributed by atoms with van der Waals surface area (Å²) in [6, 6.07) is 19.9. The molecular formula is C20H18BNO5S2. The Morgan fingerprint density at radius 3 is 1.83 bits per heavy atom. The van der Waals surface area contributed by atoms with Crippen molar-refractivity contribution in [3.05, 3.63) is 84.4 Å². The van der Waals surface area contributed by atoms with E-state index in [-0.39, 0.29) is 22.4 Å². The Kier molecular flexibility index (Phi) is 4.98. The summed E-state index contributed by atoms with van der Waals surface area (Å²) in [4.78, 5) is -0.214. The molecule has 0 bridgehead atoms. The third-order valence-corrected chi connectivity index (χ3v) is 8.99. The molecule has 0 saturated heterocycles. The van der Waals surface area contributed by atoms with Gasteiger partial charge in [0.15, 0.2) is 0 Å². The Morgan fingerprint density at radius 2 is 1.31 bits per heavy atom. The van der Waals surface area contributed by atoms with Gasteiger partial charge in [-0.25, -0.2) is 16.8 Å². The van der Waals surface area contributed by atoms with Crippen molar-refractivity contribution in [1.29, 1.82) is 0 Å². The molecule has 0 atom stereocenters. The molecule has 1 heterocycles. The first-order chi connectivity index (χ1) is 13.8. The largest absolute Gasteiger partial charge is 0.427 e. The van der Waals surface area contributed by atoms with E-state index in [0.29, 0.717) is 10.3 Å². The zero-order chi connectivity index (χ0) is 20.6. The SMILES string of the molecule is CB1OCc2cc(N(S(=O)(=O)c3ccccc3)S(=O)(=O)c3ccccc3)ccc21. The van der Waals surface area contributed by atoms with Crippen molar-refractivity contribution in [2.24, 2.45) is 0 Å². The molecule has 3 aromatic rings. The van der Waals surface area contributed by atoms with Gasteiger partial charge in [0.1, 0.15) is 0 Å². The summed E-state index contributed by atoms with van der Waals surface area (Å²) < 4.78 is 59.8. The molecule has 3 aromatic carbocycles. The van der Waals surface area contributed by atoms with Gasteiger partial charge in [-0.1, -0.05) is 49.3 Å². The molecule has 0 amide bonds. The van der Waals surface area contributed by atoms with Gasteiger partial charge in [0.25, 0.3) is 20.0 Å². The number of hydrogen-bond donors (Lipinski definition) is 0. The predicted molar refractivity (Wildman–Crippen MR) is 112 cm³/mol. The maximum atomic E-state index is 13.4. The first-order valence-electron chi connectivity index (χ1n) is 8.97. The van der Waals surface area contributed by atoms with Crippen LogP contribution in [-0.2, 0) is 31.3 Å². The van der Waals surface area contributed by atoms with E-state index in [4.69, 9.17) is 4.65 Å². The van der Waals surface area contributed by atoms with Gasteiger partial charge in [-0.2, -0.15) is 3.71 Å². The number of rotatable bonds is 5. The minimum absolute atomic E-state index is 0.0501.